The van der Waals surface area contributed by atoms with Gasteiger partial charge in [0.1, 0.15) is 0 Å². The number of aliphatic carboxylic acids is 2. The Labute approximate surface area is 89.6 Å². The lowest BCUT2D eigenvalue weighted by Crippen LogP contribution is -2.29. The van der Waals surface area contributed by atoms with Crippen LogP contribution in [0.4, 0.5) is 0 Å². The fraction of sp³-hybridized carbons (Fsp3) is 0.636. The van der Waals surface area contributed by atoms with Crippen molar-refractivity contribution < 1.29 is 19.8 Å². The van der Waals surface area contributed by atoms with Crippen molar-refractivity contribution in [1.82, 2.24) is 0 Å². The molecule has 1 unspecified atom stereocenters. The quantitative estimate of drug-likeness (QED) is 0.524. The van der Waals surface area contributed by atoms with E-state index in [1.807, 2.05) is 19.9 Å². The molecule has 0 heterocycles. The molecule has 0 aromatic carbocycles. The smallest absolute Gasteiger partial charge is 0.318 e. The second-order valence-electron chi connectivity index (χ2n) is 3.99. The second-order valence-corrected chi connectivity index (χ2v) is 3.99. The minimum Gasteiger partial charge on any atom is -0.481 e. The van der Waals surface area contributed by atoms with Gasteiger partial charge in [-0.1, -0.05) is 18.6 Å². The van der Waals surface area contributed by atoms with E-state index in [4.69, 9.17) is 10.2 Å². The zero-order valence-electron chi connectivity index (χ0n) is 9.36. The third kappa shape index (κ3) is 5.20. The van der Waals surface area contributed by atoms with Crippen LogP contribution in [-0.2, 0) is 9.59 Å². The first-order valence-corrected chi connectivity index (χ1v) is 4.95. The van der Waals surface area contributed by atoms with Gasteiger partial charge in [-0.25, -0.2) is 0 Å². The summed E-state index contributed by atoms with van der Waals surface area (Å²) in [5, 5.41) is 17.5. The number of hydrogen-bond acceptors (Lipinski definition) is 2. The van der Waals surface area contributed by atoms with Crippen molar-refractivity contribution in [2.24, 2.45) is 11.8 Å². The van der Waals surface area contributed by atoms with Crippen LogP contribution in [0.25, 0.3) is 0 Å². The maximum atomic E-state index is 10.7. The van der Waals surface area contributed by atoms with E-state index < -0.39 is 17.9 Å². The largest absolute Gasteiger partial charge is 0.481 e. The minimum absolute atomic E-state index is 0.351. The number of rotatable bonds is 6. The first kappa shape index (κ1) is 13.7. The summed E-state index contributed by atoms with van der Waals surface area (Å²) < 4.78 is 0. The molecule has 0 amide bonds. The Hall–Kier alpha value is -1.32. The predicted octanol–water partition coefficient (Wildman–Crippen LogP) is 2.15. The normalized spacial score (nSPS) is 12.3. The van der Waals surface area contributed by atoms with Gasteiger partial charge in [0, 0.05) is 0 Å². The molecule has 0 spiro atoms. The first-order chi connectivity index (χ1) is 6.86. The molecule has 4 nitrogen and oxygen atoms in total. The number of allylic oxidation sites excluding steroid dienone is 2. The summed E-state index contributed by atoms with van der Waals surface area (Å²) in [4.78, 5) is 21.4. The van der Waals surface area contributed by atoms with E-state index in [9.17, 15) is 9.59 Å². The maximum absolute atomic E-state index is 10.7. The average molecular weight is 214 g/mol. The molecule has 86 valence electrons. The molecule has 0 radical (unpaired) electrons. The van der Waals surface area contributed by atoms with Crippen LogP contribution in [0.5, 0.6) is 0 Å². The molecule has 0 bridgehead atoms. The molecule has 0 aromatic heterocycles. The van der Waals surface area contributed by atoms with Crippen molar-refractivity contribution in [3.63, 3.8) is 0 Å². The van der Waals surface area contributed by atoms with E-state index in [1.54, 1.807) is 6.92 Å². The summed E-state index contributed by atoms with van der Waals surface area (Å²) in [6, 6.07) is 0. The Balaban J connectivity index is 4.27. The van der Waals surface area contributed by atoms with Gasteiger partial charge < -0.3 is 10.2 Å². The van der Waals surface area contributed by atoms with E-state index in [2.05, 4.69) is 0 Å². The van der Waals surface area contributed by atoms with Crippen molar-refractivity contribution in [2.45, 2.75) is 33.6 Å². The zero-order valence-corrected chi connectivity index (χ0v) is 9.36. The monoisotopic (exact) mass is 214 g/mol. The standard InChI is InChI=1S/C11H18O4/c1-7(2)5-4-6-8(3)9(10(12)13)11(14)15/h5,8-9H,4,6H2,1-3H3,(H,12,13)(H,14,15). The van der Waals surface area contributed by atoms with E-state index in [-0.39, 0.29) is 5.92 Å². The molecule has 0 saturated heterocycles. The van der Waals surface area contributed by atoms with Gasteiger partial charge in [0.05, 0.1) is 0 Å². The van der Waals surface area contributed by atoms with Gasteiger partial charge in [-0.3, -0.25) is 9.59 Å². The van der Waals surface area contributed by atoms with Crippen LogP contribution in [-0.4, -0.2) is 22.2 Å². The molecule has 1 atom stereocenters. The van der Waals surface area contributed by atoms with Gasteiger partial charge in [0.25, 0.3) is 0 Å². The number of hydrogen-bond donors (Lipinski definition) is 2. The highest BCUT2D eigenvalue weighted by molar-refractivity contribution is 5.93. The average Bonchev–Trinajstić information content (AvgIpc) is 2.01. The van der Waals surface area contributed by atoms with Crippen LogP contribution in [0.1, 0.15) is 33.6 Å². The van der Waals surface area contributed by atoms with Crippen LogP contribution in [0, 0.1) is 11.8 Å². The summed E-state index contributed by atoms with van der Waals surface area (Å²) in [5.74, 6) is -4.16. The van der Waals surface area contributed by atoms with E-state index in [0.717, 1.165) is 12.0 Å². The molecule has 0 aliphatic carbocycles. The van der Waals surface area contributed by atoms with Gasteiger partial charge >= 0.3 is 11.9 Å². The van der Waals surface area contributed by atoms with Gasteiger partial charge in [0.2, 0.25) is 0 Å². The van der Waals surface area contributed by atoms with Crippen molar-refractivity contribution in [1.29, 1.82) is 0 Å². The molecule has 0 saturated carbocycles. The van der Waals surface area contributed by atoms with Crippen molar-refractivity contribution in [3.8, 4) is 0 Å². The third-order valence-corrected chi connectivity index (χ3v) is 2.28. The number of carboxylic acid groups (broad SMARTS) is 2. The summed E-state index contributed by atoms with van der Waals surface area (Å²) in [6.45, 7) is 5.57. The molecule has 0 fully saturated rings. The van der Waals surface area contributed by atoms with Gasteiger partial charge in [-0.15, -0.1) is 0 Å². The predicted molar refractivity (Wildman–Crippen MR) is 56.6 cm³/mol. The molecule has 0 aromatic rings. The highest BCUT2D eigenvalue weighted by Gasteiger charge is 2.31. The molecule has 0 rings (SSSR count). The Bertz CT molecular complexity index is 250. The van der Waals surface area contributed by atoms with Crippen LogP contribution < -0.4 is 0 Å². The number of carboxylic acids is 2. The maximum Gasteiger partial charge on any atom is 0.318 e. The molecular formula is C11H18O4. The lowest BCUT2D eigenvalue weighted by Gasteiger charge is -2.15. The van der Waals surface area contributed by atoms with Crippen molar-refractivity contribution in [2.75, 3.05) is 0 Å². The molecule has 4 heteroatoms. The molecular weight excluding hydrogens is 196 g/mol. The Morgan fingerprint density at radius 1 is 1.20 bits per heavy atom. The lowest BCUT2D eigenvalue weighted by molar-refractivity contribution is -0.157. The molecule has 0 aliphatic heterocycles. The minimum atomic E-state index is -1.30. The Morgan fingerprint density at radius 3 is 2.00 bits per heavy atom. The van der Waals surface area contributed by atoms with E-state index in [0.29, 0.717) is 6.42 Å². The molecule has 0 aliphatic rings. The SMILES string of the molecule is CC(C)=CCCC(C)C(C(=O)O)C(=O)O. The van der Waals surface area contributed by atoms with Crippen LogP contribution >= 0.6 is 0 Å². The van der Waals surface area contributed by atoms with Crippen molar-refractivity contribution in [3.05, 3.63) is 11.6 Å². The zero-order chi connectivity index (χ0) is 12.0. The molecule has 15 heavy (non-hydrogen) atoms. The van der Waals surface area contributed by atoms with Crippen LogP contribution in [0.3, 0.4) is 0 Å². The highest BCUT2D eigenvalue weighted by Crippen LogP contribution is 2.18. The third-order valence-electron chi connectivity index (χ3n) is 2.28. The van der Waals surface area contributed by atoms with Gasteiger partial charge in [-0.05, 0) is 32.6 Å². The second kappa shape index (κ2) is 6.22. The Kier molecular flexibility index (Phi) is 5.67. The fourth-order valence-electron chi connectivity index (χ4n) is 1.39. The van der Waals surface area contributed by atoms with Gasteiger partial charge in [0.15, 0.2) is 5.92 Å². The number of carbonyl (C=O) groups is 2. The van der Waals surface area contributed by atoms with Crippen LogP contribution in [0.15, 0.2) is 11.6 Å². The fourth-order valence-corrected chi connectivity index (χ4v) is 1.39. The van der Waals surface area contributed by atoms with Gasteiger partial charge in [-0.2, -0.15) is 0 Å². The first-order valence-electron chi connectivity index (χ1n) is 4.95. The summed E-state index contributed by atoms with van der Waals surface area (Å²) in [5.41, 5.74) is 1.16. The summed E-state index contributed by atoms with van der Waals surface area (Å²) >= 11 is 0. The highest BCUT2D eigenvalue weighted by atomic mass is 16.4. The topological polar surface area (TPSA) is 74.6 Å². The van der Waals surface area contributed by atoms with Crippen molar-refractivity contribution >= 4 is 11.9 Å². The lowest BCUT2D eigenvalue weighted by atomic mass is 9.90. The molecule has 2 N–H and O–H groups in total. The van der Waals surface area contributed by atoms with Crippen LogP contribution in [0.2, 0.25) is 0 Å². The van der Waals surface area contributed by atoms with E-state index >= 15 is 0 Å². The van der Waals surface area contributed by atoms with E-state index in [1.165, 1.54) is 0 Å². The summed E-state index contributed by atoms with van der Waals surface area (Å²) in [6.07, 6.45) is 3.28. The summed E-state index contributed by atoms with van der Waals surface area (Å²) in [7, 11) is 0. The Morgan fingerprint density at radius 2 is 1.67 bits per heavy atom.